The minimum atomic E-state index is -4.45. The third kappa shape index (κ3) is 4.48. The highest BCUT2D eigenvalue weighted by atomic mass is 127. The Labute approximate surface area is 133 Å². The van der Waals surface area contributed by atoms with Gasteiger partial charge in [0.25, 0.3) is 0 Å². The van der Waals surface area contributed by atoms with Crippen LogP contribution in [0.1, 0.15) is 11.3 Å². The SMILES string of the molecule is COc1ccc(CNc2cc(I)cc(C(F)(F)F)n2)cc1. The van der Waals surface area contributed by atoms with E-state index in [2.05, 4.69) is 10.3 Å². The predicted molar refractivity (Wildman–Crippen MR) is 82.3 cm³/mol. The lowest BCUT2D eigenvalue weighted by Crippen LogP contribution is -2.11. The number of pyridine rings is 1. The standard InChI is InChI=1S/C14H12F3IN2O/c1-21-11-4-2-9(3-5-11)8-19-13-7-10(18)6-12(20-13)14(15,16)17/h2-7H,8H2,1H3,(H,19,20). The van der Waals surface area contributed by atoms with Crippen LogP contribution in [0.25, 0.3) is 0 Å². The van der Waals surface area contributed by atoms with E-state index in [-0.39, 0.29) is 5.82 Å². The number of methoxy groups -OCH3 is 1. The average molecular weight is 408 g/mol. The summed E-state index contributed by atoms with van der Waals surface area (Å²) in [6.45, 7) is 0.383. The summed E-state index contributed by atoms with van der Waals surface area (Å²) >= 11 is 1.84. The third-order valence-electron chi connectivity index (χ3n) is 2.71. The van der Waals surface area contributed by atoms with E-state index >= 15 is 0 Å². The Kier molecular flexibility index (Phi) is 4.92. The van der Waals surface area contributed by atoms with Crippen LogP contribution in [0.2, 0.25) is 0 Å². The summed E-state index contributed by atoms with van der Waals surface area (Å²) in [6, 6.07) is 9.84. The molecule has 1 heterocycles. The lowest BCUT2D eigenvalue weighted by atomic mass is 10.2. The predicted octanol–water partition coefficient (Wildman–Crippen LogP) is 4.33. The number of alkyl halides is 3. The van der Waals surface area contributed by atoms with E-state index in [0.717, 1.165) is 17.4 Å². The molecule has 0 fully saturated rings. The molecule has 112 valence electrons. The summed E-state index contributed by atoms with van der Waals surface area (Å²) < 4.78 is 43.6. The zero-order valence-corrected chi connectivity index (χ0v) is 13.2. The summed E-state index contributed by atoms with van der Waals surface area (Å²) in [5.41, 5.74) is 0.0247. The fraction of sp³-hybridized carbons (Fsp3) is 0.214. The van der Waals surface area contributed by atoms with Gasteiger partial charge in [-0.3, -0.25) is 0 Å². The van der Waals surface area contributed by atoms with Crippen LogP contribution >= 0.6 is 22.6 Å². The molecule has 0 spiro atoms. The highest BCUT2D eigenvalue weighted by molar-refractivity contribution is 14.1. The number of aromatic nitrogens is 1. The fourth-order valence-corrected chi connectivity index (χ4v) is 2.26. The number of halogens is 4. The zero-order valence-electron chi connectivity index (χ0n) is 11.0. The van der Waals surface area contributed by atoms with Crippen molar-refractivity contribution in [2.45, 2.75) is 12.7 Å². The molecule has 0 saturated heterocycles. The van der Waals surface area contributed by atoms with Crippen LogP contribution < -0.4 is 10.1 Å². The molecule has 2 rings (SSSR count). The van der Waals surface area contributed by atoms with Crippen molar-refractivity contribution in [2.24, 2.45) is 0 Å². The molecule has 2 aromatic rings. The topological polar surface area (TPSA) is 34.1 Å². The Morgan fingerprint density at radius 1 is 1.19 bits per heavy atom. The van der Waals surface area contributed by atoms with E-state index in [9.17, 15) is 13.2 Å². The summed E-state index contributed by atoms with van der Waals surface area (Å²) in [5, 5.41) is 2.90. The van der Waals surface area contributed by atoms with Crippen LogP contribution in [0.3, 0.4) is 0 Å². The van der Waals surface area contributed by atoms with Gasteiger partial charge in [0.05, 0.1) is 7.11 Å². The van der Waals surface area contributed by atoms with Crippen molar-refractivity contribution in [3.63, 3.8) is 0 Å². The minimum Gasteiger partial charge on any atom is -0.497 e. The van der Waals surface area contributed by atoms with Gasteiger partial charge >= 0.3 is 6.18 Å². The Balaban J connectivity index is 2.10. The van der Waals surface area contributed by atoms with Gasteiger partial charge in [-0.2, -0.15) is 13.2 Å². The molecule has 0 saturated carbocycles. The maximum absolute atomic E-state index is 12.7. The first-order valence-corrected chi connectivity index (χ1v) is 7.08. The van der Waals surface area contributed by atoms with Gasteiger partial charge < -0.3 is 10.1 Å². The molecule has 1 aromatic carbocycles. The first-order chi connectivity index (χ1) is 9.88. The van der Waals surface area contributed by atoms with E-state index in [0.29, 0.717) is 10.1 Å². The minimum absolute atomic E-state index is 0.199. The second-order valence-electron chi connectivity index (χ2n) is 4.26. The summed E-state index contributed by atoms with van der Waals surface area (Å²) in [5.74, 6) is 0.926. The van der Waals surface area contributed by atoms with Gasteiger partial charge in [-0.25, -0.2) is 4.98 Å². The van der Waals surface area contributed by atoms with Gasteiger partial charge in [0.2, 0.25) is 0 Å². The average Bonchev–Trinajstić information content (AvgIpc) is 2.44. The maximum atomic E-state index is 12.7. The van der Waals surface area contributed by atoms with Crippen molar-refractivity contribution in [2.75, 3.05) is 12.4 Å². The molecule has 0 amide bonds. The molecule has 1 N–H and O–H groups in total. The van der Waals surface area contributed by atoms with Crippen LogP contribution in [-0.4, -0.2) is 12.1 Å². The van der Waals surface area contributed by atoms with Gasteiger partial charge in [-0.15, -0.1) is 0 Å². The van der Waals surface area contributed by atoms with Crippen molar-refractivity contribution in [3.05, 3.63) is 51.2 Å². The first-order valence-electron chi connectivity index (χ1n) is 6.00. The molecular weight excluding hydrogens is 396 g/mol. The van der Waals surface area contributed by atoms with Gasteiger partial charge in [0, 0.05) is 10.1 Å². The van der Waals surface area contributed by atoms with E-state index < -0.39 is 11.9 Å². The molecule has 0 atom stereocenters. The quantitative estimate of drug-likeness (QED) is 0.766. The third-order valence-corrected chi connectivity index (χ3v) is 3.34. The molecule has 3 nitrogen and oxygen atoms in total. The normalized spacial score (nSPS) is 11.3. The van der Waals surface area contributed by atoms with Crippen molar-refractivity contribution < 1.29 is 17.9 Å². The van der Waals surface area contributed by atoms with Crippen LogP contribution in [0, 0.1) is 3.57 Å². The van der Waals surface area contributed by atoms with Crippen LogP contribution in [0.15, 0.2) is 36.4 Å². The van der Waals surface area contributed by atoms with Crippen molar-refractivity contribution >= 4 is 28.4 Å². The number of rotatable bonds is 4. The van der Waals surface area contributed by atoms with Gasteiger partial charge in [0.15, 0.2) is 0 Å². The van der Waals surface area contributed by atoms with E-state index in [1.165, 1.54) is 0 Å². The summed E-state index contributed by atoms with van der Waals surface area (Å²) in [7, 11) is 1.57. The highest BCUT2D eigenvalue weighted by Crippen LogP contribution is 2.29. The van der Waals surface area contributed by atoms with Crippen LogP contribution in [0.4, 0.5) is 19.0 Å². The molecule has 0 unspecified atom stereocenters. The molecule has 0 bridgehead atoms. The smallest absolute Gasteiger partial charge is 0.433 e. The van der Waals surface area contributed by atoms with Crippen molar-refractivity contribution in [1.82, 2.24) is 4.98 Å². The Morgan fingerprint density at radius 3 is 2.43 bits per heavy atom. The maximum Gasteiger partial charge on any atom is 0.433 e. The molecule has 0 aliphatic rings. The van der Waals surface area contributed by atoms with Crippen LogP contribution in [-0.2, 0) is 12.7 Å². The number of hydrogen-bond acceptors (Lipinski definition) is 3. The van der Waals surface area contributed by atoms with Crippen LogP contribution in [0.5, 0.6) is 5.75 Å². The molecule has 7 heteroatoms. The molecule has 0 radical (unpaired) electrons. The van der Waals surface area contributed by atoms with E-state index in [4.69, 9.17) is 4.74 Å². The highest BCUT2D eigenvalue weighted by Gasteiger charge is 2.33. The Morgan fingerprint density at radius 2 is 1.86 bits per heavy atom. The molecular formula is C14H12F3IN2O. The second kappa shape index (κ2) is 6.50. The molecule has 1 aromatic heterocycles. The summed E-state index contributed by atoms with van der Waals surface area (Å²) in [6.07, 6.45) is -4.45. The molecule has 21 heavy (non-hydrogen) atoms. The van der Waals surface area contributed by atoms with Crippen molar-refractivity contribution in [1.29, 1.82) is 0 Å². The fourth-order valence-electron chi connectivity index (χ4n) is 1.67. The lowest BCUT2D eigenvalue weighted by molar-refractivity contribution is -0.141. The monoisotopic (exact) mass is 408 g/mol. The van der Waals surface area contributed by atoms with Gasteiger partial charge in [0.1, 0.15) is 17.3 Å². The number of nitrogens with zero attached hydrogens (tertiary/aromatic N) is 1. The largest absolute Gasteiger partial charge is 0.497 e. The molecule has 0 aliphatic carbocycles. The number of nitrogens with one attached hydrogen (secondary N) is 1. The summed E-state index contributed by atoms with van der Waals surface area (Å²) in [4.78, 5) is 3.59. The Hall–Kier alpha value is -1.51. The van der Waals surface area contributed by atoms with Gasteiger partial charge in [-0.05, 0) is 52.4 Å². The van der Waals surface area contributed by atoms with E-state index in [1.54, 1.807) is 25.3 Å². The zero-order chi connectivity index (χ0) is 15.5. The Bertz CT molecular complexity index is 615. The lowest BCUT2D eigenvalue weighted by Gasteiger charge is -2.11. The van der Waals surface area contributed by atoms with E-state index in [1.807, 2.05) is 34.7 Å². The number of anilines is 1. The number of ether oxygens (including phenoxy) is 1. The van der Waals surface area contributed by atoms with Gasteiger partial charge in [-0.1, -0.05) is 12.1 Å². The first kappa shape index (κ1) is 15.9. The molecule has 0 aliphatic heterocycles. The number of benzene rings is 1. The second-order valence-corrected chi connectivity index (χ2v) is 5.50. The van der Waals surface area contributed by atoms with Crippen molar-refractivity contribution in [3.8, 4) is 5.75 Å². The number of hydrogen-bond donors (Lipinski definition) is 1.